The lowest BCUT2D eigenvalue weighted by atomic mass is 9.98. The number of rotatable bonds is 26. The molecule has 4 aromatic rings. The van der Waals surface area contributed by atoms with Gasteiger partial charge in [0.05, 0.1) is 40.6 Å². The van der Waals surface area contributed by atoms with Crippen LogP contribution in [0.1, 0.15) is 31.8 Å². The molecule has 4 aromatic carbocycles. The molecule has 4 rings (SSSR count). The molecule has 0 aliphatic carbocycles. The number of hydrogen-bond acceptors (Lipinski definition) is 16. The number of sulfonamides is 2. The molecular weight excluding hydrogens is 977 g/mol. The molecule has 0 atom stereocenters. The summed E-state index contributed by atoms with van der Waals surface area (Å²) in [6.07, 6.45) is 0. The maximum absolute atomic E-state index is 13.8. The van der Waals surface area contributed by atoms with Crippen molar-refractivity contribution >= 4 is 69.0 Å². The molecule has 2 amide bonds. The Morgan fingerprint density at radius 2 is 0.824 bits per heavy atom. The monoisotopic (exact) mass is 1030 g/mol. The molecule has 4 N–H and O–H groups in total. The van der Waals surface area contributed by atoms with Crippen molar-refractivity contribution in [2.45, 2.75) is 19.6 Å². The molecule has 0 spiro atoms. The van der Waals surface area contributed by atoms with Crippen LogP contribution in [0, 0.1) is 0 Å². The molecule has 0 fully saturated rings. The van der Waals surface area contributed by atoms with Crippen molar-refractivity contribution in [2.24, 2.45) is 0 Å². The summed E-state index contributed by atoms with van der Waals surface area (Å²) in [5.74, 6) is -2.00. The summed E-state index contributed by atoms with van der Waals surface area (Å²) in [5, 5.41) is 4.88. The van der Waals surface area contributed by atoms with Crippen LogP contribution in [0.25, 0.3) is 5.57 Å². The van der Waals surface area contributed by atoms with E-state index in [4.69, 9.17) is 28.4 Å². The molecule has 0 saturated carbocycles. The summed E-state index contributed by atoms with van der Waals surface area (Å²) in [4.78, 5) is 24.6. The van der Waals surface area contributed by atoms with Crippen molar-refractivity contribution in [1.82, 2.24) is 8.61 Å². The van der Waals surface area contributed by atoms with Crippen molar-refractivity contribution in [1.29, 1.82) is 0 Å². The summed E-state index contributed by atoms with van der Waals surface area (Å²) in [7, 11) is -10.9. The van der Waals surface area contributed by atoms with E-state index in [1.165, 1.54) is 79.1 Å². The molecule has 0 unspecified atom stereocenters. The third kappa shape index (κ3) is 13.4. The predicted octanol–water partition coefficient (Wildman–Crippen LogP) is 3.33. The Balaban J connectivity index is 1.69. The van der Waals surface area contributed by atoms with Gasteiger partial charge in [-0.15, -0.1) is 0 Å². The quantitative estimate of drug-likeness (QED) is 0.0656. The molecule has 0 bridgehead atoms. The van der Waals surface area contributed by atoms with Crippen LogP contribution in [0.2, 0.25) is 0 Å². The lowest BCUT2D eigenvalue weighted by molar-refractivity contribution is 0.101. The van der Waals surface area contributed by atoms with E-state index in [1.54, 1.807) is 0 Å². The number of amides is 2. The highest BCUT2D eigenvalue weighted by Crippen LogP contribution is 2.36. The topological polar surface area (TPSA) is 297 Å². The standard InChI is InChI=1S/C42H52N4O18S4/c1-28(33-12-10-31(26-37(33)67(53,54)55)43-41(47)29-8-14-35(63-6)39(24-29)65(49,50)45(16-20-59-2)17-21-60-3)34-13-11-32(27-38(34)68(56,57)58)44-42(48)30-9-15-36(64-7)40(25-30)66(51,52)46(18-22-61-4)19-23-62-5/h8-15,24-27H,1,16-23H2,2-7H3,(H,43,47)(H,44,48)(H,53,54,55)(H,56,57,58). The summed E-state index contributed by atoms with van der Waals surface area (Å²) in [5.41, 5.74) is -1.97. The van der Waals surface area contributed by atoms with E-state index in [0.717, 1.165) is 45.0 Å². The van der Waals surface area contributed by atoms with E-state index in [9.17, 15) is 52.4 Å². The number of hydrogen-bond donors (Lipinski definition) is 4. The molecule has 0 aliphatic rings. The number of carbonyl (C=O) groups is 2. The van der Waals surface area contributed by atoms with E-state index < -0.39 is 61.9 Å². The number of nitrogens with zero attached hydrogens (tertiary/aromatic N) is 2. The fourth-order valence-corrected chi connectivity index (χ4v) is 11.1. The second kappa shape index (κ2) is 23.8. The van der Waals surface area contributed by atoms with Crippen LogP contribution in [0.4, 0.5) is 11.4 Å². The Morgan fingerprint density at radius 3 is 1.10 bits per heavy atom. The molecule has 26 heteroatoms. The Kier molecular flexibility index (Phi) is 19.3. The number of carbonyl (C=O) groups excluding carboxylic acids is 2. The smallest absolute Gasteiger partial charge is 0.295 e. The summed E-state index contributed by atoms with van der Waals surface area (Å²) in [6.45, 7) is 3.76. The first kappa shape index (κ1) is 55.2. The van der Waals surface area contributed by atoms with E-state index in [0.29, 0.717) is 0 Å². The largest absolute Gasteiger partial charge is 0.495 e. The van der Waals surface area contributed by atoms with Crippen LogP contribution in [0.15, 0.2) is 99.0 Å². The van der Waals surface area contributed by atoms with Gasteiger partial charge in [0.1, 0.15) is 31.1 Å². The number of methoxy groups -OCH3 is 6. The molecule has 0 aromatic heterocycles. The fourth-order valence-electron chi connectivity index (χ4n) is 6.47. The highest BCUT2D eigenvalue weighted by molar-refractivity contribution is 7.89. The zero-order valence-corrected chi connectivity index (χ0v) is 41.0. The van der Waals surface area contributed by atoms with Crippen molar-refractivity contribution < 1.29 is 80.8 Å². The number of anilines is 2. The lowest BCUT2D eigenvalue weighted by Crippen LogP contribution is -2.36. The molecular formula is C42H52N4O18S4. The Labute approximate surface area is 395 Å². The molecule has 0 aliphatic heterocycles. The number of benzene rings is 4. The van der Waals surface area contributed by atoms with E-state index >= 15 is 0 Å². The van der Waals surface area contributed by atoms with Crippen LogP contribution < -0.4 is 20.1 Å². The second-order valence-corrected chi connectivity index (χ2v) is 20.9. The van der Waals surface area contributed by atoms with Gasteiger partial charge in [-0.1, -0.05) is 18.7 Å². The Morgan fingerprint density at radius 1 is 0.500 bits per heavy atom. The zero-order chi connectivity index (χ0) is 50.6. The minimum absolute atomic E-state index is 0.0424. The minimum Gasteiger partial charge on any atom is -0.495 e. The van der Waals surface area contributed by atoms with Gasteiger partial charge >= 0.3 is 0 Å². The Hall–Kier alpha value is -5.36. The molecule has 372 valence electrons. The highest BCUT2D eigenvalue weighted by Gasteiger charge is 2.31. The molecule has 0 radical (unpaired) electrons. The fraction of sp³-hybridized carbons (Fsp3) is 0.333. The molecule has 0 saturated heterocycles. The van der Waals surface area contributed by atoms with Gasteiger partial charge in [0.2, 0.25) is 20.0 Å². The minimum atomic E-state index is -5.18. The van der Waals surface area contributed by atoms with Gasteiger partial charge in [0, 0.05) is 88.2 Å². The summed E-state index contributed by atoms with van der Waals surface area (Å²) < 4.78 is 160. The molecule has 0 heterocycles. The Bertz CT molecular complexity index is 2740. The van der Waals surface area contributed by atoms with Crippen LogP contribution >= 0.6 is 0 Å². The van der Waals surface area contributed by atoms with Crippen LogP contribution in [0.3, 0.4) is 0 Å². The third-order valence-corrected chi connectivity index (χ3v) is 15.6. The molecule has 68 heavy (non-hydrogen) atoms. The zero-order valence-electron chi connectivity index (χ0n) is 37.7. The normalized spacial score (nSPS) is 12.3. The maximum atomic E-state index is 13.8. The van der Waals surface area contributed by atoms with Crippen LogP contribution in [-0.2, 0) is 59.2 Å². The second-order valence-electron chi connectivity index (χ2n) is 14.3. The SMILES string of the molecule is C=C(c1ccc(NC(=O)c2ccc(OC)c(S(=O)(=O)N(CCOC)CCOC)c2)cc1S(=O)(=O)O)c1ccc(NC(=O)c2ccc(OC)c(S(=O)(=O)N(CCOC)CCOC)c2)cc1S(=O)(=O)O. The summed E-state index contributed by atoms with van der Waals surface area (Å²) >= 11 is 0. The first-order valence-corrected chi connectivity index (χ1v) is 25.6. The lowest BCUT2D eigenvalue weighted by Gasteiger charge is -2.23. The van der Waals surface area contributed by atoms with Crippen molar-refractivity contribution in [2.75, 3.05) is 106 Å². The van der Waals surface area contributed by atoms with Gasteiger partial charge in [-0.3, -0.25) is 18.7 Å². The van der Waals surface area contributed by atoms with E-state index in [1.807, 2.05) is 0 Å². The molecule has 22 nitrogen and oxygen atoms in total. The van der Waals surface area contributed by atoms with Gasteiger partial charge in [0.15, 0.2) is 0 Å². The van der Waals surface area contributed by atoms with Crippen LogP contribution in [-0.4, -0.2) is 158 Å². The third-order valence-electron chi connectivity index (χ3n) is 9.95. The van der Waals surface area contributed by atoms with E-state index in [-0.39, 0.29) is 113 Å². The van der Waals surface area contributed by atoms with Gasteiger partial charge in [-0.25, -0.2) is 16.8 Å². The number of ether oxygens (including phenoxy) is 6. The summed E-state index contributed by atoms with van der Waals surface area (Å²) in [6, 6.07) is 13.3. The highest BCUT2D eigenvalue weighted by atomic mass is 32.2. The van der Waals surface area contributed by atoms with Gasteiger partial charge in [0.25, 0.3) is 32.1 Å². The predicted molar refractivity (Wildman–Crippen MR) is 248 cm³/mol. The van der Waals surface area contributed by atoms with Crippen molar-refractivity contribution in [3.63, 3.8) is 0 Å². The maximum Gasteiger partial charge on any atom is 0.295 e. The van der Waals surface area contributed by atoms with Gasteiger partial charge in [-0.05, 0) is 66.2 Å². The van der Waals surface area contributed by atoms with Crippen LogP contribution in [0.5, 0.6) is 11.5 Å². The van der Waals surface area contributed by atoms with E-state index in [2.05, 4.69) is 17.2 Å². The average Bonchev–Trinajstić information content (AvgIpc) is 3.30. The van der Waals surface area contributed by atoms with Crippen molar-refractivity contribution in [3.8, 4) is 11.5 Å². The number of nitrogens with one attached hydrogen (secondary N) is 2. The van der Waals surface area contributed by atoms with Crippen molar-refractivity contribution in [3.05, 3.63) is 102 Å². The first-order chi connectivity index (χ1) is 32.0. The first-order valence-electron chi connectivity index (χ1n) is 19.9. The van der Waals surface area contributed by atoms with Gasteiger partial charge in [-0.2, -0.15) is 25.4 Å². The van der Waals surface area contributed by atoms with Gasteiger partial charge < -0.3 is 39.1 Å². The average molecular weight is 1030 g/mol.